The smallest absolute Gasteiger partial charge is 0.336 e. The van der Waals surface area contributed by atoms with E-state index in [1.807, 2.05) is 5.38 Å². The number of halogens is 1. The van der Waals surface area contributed by atoms with Gasteiger partial charge in [-0.25, -0.2) is 4.79 Å². The molecule has 0 unspecified atom stereocenters. The summed E-state index contributed by atoms with van der Waals surface area (Å²) in [7, 11) is 0. The van der Waals surface area contributed by atoms with Gasteiger partial charge in [-0.3, -0.25) is 0 Å². The van der Waals surface area contributed by atoms with Crippen LogP contribution in [0.5, 0.6) is 0 Å². The summed E-state index contributed by atoms with van der Waals surface area (Å²) < 4.78 is 1.79. The van der Waals surface area contributed by atoms with Crippen LogP contribution in [-0.4, -0.2) is 11.1 Å². The zero-order valence-corrected chi connectivity index (χ0v) is 9.93. The molecule has 3 N–H and O–H groups in total. The lowest BCUT2D eigenvalue weighted by Crippen LogP contribution is -1.98. The molecule has 14 heavy (non-hydrogen) atoms. The number of rotatable bonds is 1. The van der Waals surface area contributed by atoms with E-state index in [1.165, 1.54) is 11.3 Å². The van der Waals surface area contributed by atoms with Gasteiger partial charge in [0.25, 0.3) is 0 Å². The number of anilines is 1. The van der Waals surface area contributed by atoms with Crippen LogP contribution in [0.3, 0.4) is 0 Å². The van der Waals surface area contributed by atoms with Crippen molar-refractivity contribution in [1.82, 2.24) is 0 Å². The maximum atomic E-state index is 10.9. The number of nitrogen functional groups attached to an aromatic ring is 1. The number of hydrogen-bond donors (Lipinski definition) is 2. The topological polar surface area (TPSA) is 63.3 Å². The average molecular weight is 319 g/mol. The van der Waals surface area contributed by atoms with E-state index < -0.39 is 5.97 Å². The van der Waals surface area contributed by atoms with Gasteiger partial charge in [0.05, 0.1) is 10.3 Å². The minimum Gasteiger partial charge on any atom is -0.478 e. The second-order valence-corrected chi connectivity index (χ2v) is 4.84. The maximum Gasteiger partial charge on any atom is 0.336 e. The molecular weight excluding hydrogens is 313 g/mol. The Hall–Kier alpha value is -0.820. The molecule has 0 aliphatic heterocycles. The summed E-state index contributed by atoms with van der Waals surface area (Å²) in [5, 5.41) is 11.6. The van der Waals surface area contributed by atoms with Crippen LogP contribution in [0.2, 0.25) is 0 Å². The summed E-state index contributed by atoms with van der Waals surface area (Å²) in [6.45, 7) is 0. The van der Waals surface area contributed by atoms with Gasteiger partial charge in [-0.1, -0.05) is 0 Å². The molecule has 0 radical (unpaired) electrons. The first-order valence-electron chi connectivity index (χ1n) is 3.79. The molecule has 0 saturated carbocycles. The third-order valence-corrected chi connectivity index (χ3v) is 4.24. The molecule has 1 aromatic heterocycles. The minimum atomic E-state index is -0.911. The van der Waals surface area contributed by atoms with E-state index in [9.17, 15) is 4.79 Å². The number of aromatic carboxylic acids is 1. The molecule has 1 heterocycles. The summed E-state index contributed by atoms with van der Waals surface area (Å²) in [6, 6.07) is 3.19. The Morgan fingerprint density at radius 3 is 2.86 bits per heavy atom. The van der Waals surface area contributed by atoms with Crippen LogP contribution in [0.15, 0.2) is 17.5 Å². The molecule has 2 rings (SSSR count). The van der Waals surface area contributed by atoms with Crippen LogP contribution in [0, 0.1) is 3.57 Å². The minimum absolute atomic E-state index is 0.319. The zero-order chi connectivity index (χ0) is 10.3. The predicted molar refractivity (Wildman–Crippen MR) is 65.9 cm³/mol. The molecule has 0 bridgehead atoms. The Balaban J connectivity index is 2.92. The largest absolute Gasteiger partial charge is 0.478 e. The third kappa shape index (κ3) is 1.36. The van der Waals surface area contributed by atoms with Crippen LogP contribution >= 0.6 is 33.9 Å². The second-order valence-electron chi connectivity index (χ2n) is 2.80. The maximum absolute atomic E-state index is 10.9. The number of fused-ring (bicyclic) bond motifs is 1. The highest BCUT2D eigenvalue weighted by Gasteiger charge is 2.14. The Kier molecular flexibility index (Phi) is 2.36. The Labute approximate surface area is 97.7 Å². The number of carbonyl (C=O) groups is 1. The fraction of sp³-hybridized carbons (Fsp3) is 0. The number of carboxylic acid groups (broad SMARTS) is 1. The Morgan fingerprint density at radius 1 is 1.50 bits per heavy atom. The van der Waals surface area contributed by atoms with E-state index in [-0.39, 0.29) is 0 Å². The quantitative estimate of drug-likeness (QED) is 0.627. The lowest BCUT2D eigenvalue weighted by molar-refractivity contribution is 0.0699. The molecule has 72 valence electrons. The summed E-state index contributed by atoms with van der Waals surface area (Å²) >= 11 is 3.60. The lowest BCUT2D eigenvalue weighted by Gasteiger charge is -2.00. The van der Waals surface area contributed by atoms with Gasteiger partial charge in [-0.2, -0.15) is 0 Å². The highest BCUT2D eigenvalue weighted by molar-refractivity contribution is 14.1. The number of nitrogens with two attached hydrogens (primary N) is 1. The van der Waals surface area contributed by atoms with Gasteiger partial charge in [-0.05, 0) is 34.7 Å². The summed E-state index contributed by atoms with van der Waals surface area (Å²) in [4.78, 5) is 10.9. The molecule has 5 heteroatoms. The standard InChI is InChI=1S/C9H6INO2S/c10-5-3-14-8-6(11)2-1-4(7(5)8)9(12)13/h1-3H,11H2,(H,12,13). The van der Waals surface area contributed by atoms with Crippen molar-refractivity contribution in [2.45, 2.75) is 0 Å². The summed E-state index contributed by atoms with van der Waals surface area (Å²) in [6.07, 6.45) is 0. The predicted octanol–water partition coefficient (Wildman–Crippen LogP) is 2.79. The zero-order valence-electron chi connectivity index (χ0n) is 6.95. The molecule has 2 aromatic rings. The van der Waals surface area contributed by atoms with Gasteiger partial charge in [-0.15, -0.1) is 11.3 Å². The van der Waals surface area contributed by atoms with Gasteiger partial charge >= 0.3 is 5.97 Å². The van der Waals surface area contributed by atoms with Crippen molar-refractivity contribution in [3.05, 3.63) is 26.6 Å². The number of hydrogen-bond acceptors (Lipinski definition) is 3. The molecule has 0 spiro atoms. The third-order valence-electron chi connectivity index (χ3n) is 1.94. The van der Waals surface area contributed by atoms with Gasteiger partial charge < -0.3 is 10.8 Å². The highest BCUT2D eigenvalue weighted by Crippen LogP contribution is 2.34. The highest BCUT2D eigenvalue weighted by atomic mass is 127. The lowest BCUT2D eigenvalue weighted by atomic mass is 10.1. The molecule has 0 aliphatic carbocycles. The van der Waals surface area contributed by atoms with Gasteiger partial charge in [0.1, 0.15) is 0 Å². The first kappa shape index (κ1) is 9.72. The van der Waals surface area contributed by atoms with Crippen molar-refractivity contribution in [1.29, 1.82) is 0 Å². The Morgan fingerprint density at radius 2 is 2.21 bits per heavy atom. The van der Waals surface area contributed by atoms with Crippen LogP contribution < -0.4 is 5.73 Å². The van der Waals surface area contributed by atoms with Gasteiger partial charge in [0, 0.05) is 20.0 Å². The van der Waals surface area contributed by atoms with Crippen LogP contribution in [-0.2, 0) is 0 Å². The number of thiophene rings is 1. The molecule has 0 atom stereocenters. The molecule has 3 nitrogen and oxygen atoms in total. The monoisotopic (exact) mass is 319 g/mol. The normalized spacial score (nSPS) is 10.6. The van der Waals surface area contributed by atoms with Crippen LogP contribution in [0.4, 0.5) is 5.69 Å². The molecule has 0 amide bonds. The van der Waals surface area contributed by atoms with Crippen molar-refractivity contribution in [2.24, 2.45) is 0 Å². The van der Waals surface area contributed by atoms with Crippen molar-refractivity contribution in [2.75, 3.05) is 5.73 Å². The summed E-state index contributed by atoms with van der Waals surface area (Å²) in [5.41, 5.74) is 6.71. The van der Waals surface area contributed by atoms with Gasteiger partial charge in [0.2, 0.25) is 0 Å². The van der Waals surface area contributed by atoms with Crippen LogP contribution in [0.25, 0.3) is 10.1 Å². The first-order valence-corrected chi connectivity index (χ1v) is 5.75. The SMILES string of the molecule is Nc1ccc(C(=O)O)c2c(I)csc12. The van der Waals surface area contributed by atoms with Crippen molar-refractivity contribution in [3.8, 4) is 0 Å². The van der Waals surface area contributed by atoms with E-state index in [4.69, 9.17) is 10.8 Å². The van der Waals surface area contributed by atoms with E-state index in [0.29, 0.717) is 11.3 Å². The fourth-order valence-electron chi connectivity index (χ4n) is 1.31. The average Bonchev–Trinajstić information content (AvgIpc) is 2.50. The van der Waals surface area contributed by atoms with Crippen molar-refractivity contribution < 1.29 is 9.90 Å². The second kappa shape index (κ2) is 3.39. The number of benzene rings is 1. The molecule has 0 fully saturated rings. The molecule has 0 aliphatic rings. The fourth-order valence-corrected chi connectivity index (χ4v) is 3.32. The van der Waals surface area contributed by atoms with Crippen molar-refractivity contribution >= 4 is 55.7 Å². The molecule has 0 saturated heterocycles. The van der Waals surface area contributed by atoms with Crippen molar-refractivity contribution in [3.63, 3.8) is 0 Å². The van der Waals surface area contributed by atoms with E-state index in [2.05, 4.69) is 22.6 Å². The van der Waals surface area contributed by atoms with Gasteiger partial charge in [0.15, 0.2) is 0 Å². The molecular formula is C9H6INO2S. The van der Waals surface area contributed by atoms with E-state index in [1.54, 1.807) is 12.1 Å². The van der Waals surface area contributed by atoms with E-state index in [0.717, 1.165) is 13.7 Å². The Bertz CT molecular complexity index is 521. The summed E-state index contributed by atoms with van der Waals surface area (Å²) in [5.74, 6) is -0.911. The van der Waals surface area contributed by atoms with E-state index >= 15 is 0 Å². The molecule has 1 aromatic carbocycles. The number of carboxylic acids is 1. The first-order chi connectivity index (χ1) is 6.61. The van der Waals surface area contributed by atoms with Crippen LogP contribution in [0.1, 0.15) is 10.4 Å².